The molecule has 2 aliphatic rings. The molecule has 0 aromatic rings. The predicted octanol–water partition coefficient (Wildman–Crippen LogP) is 1.11. The molecule has 0 aromatic heterocycles. The van der Waals surface area contributed by atoms with Gasteiger partial charge in [-0.05, 0) is 26.2 Å². The molecule has 5 heteroatoms. The number of hydrogen-bond acceptors (Lipinski definition) is 4. The van der Waals surface area contributed by atoms with Crippen molar-refractivity contribution in [3.8, 4) is 0 Å². The zero-order valence-electron chi connectivity index (χ0n) is 11.3. The molecule has 2 fully saturated rings. The number of aliphatic hydroxyl groups excluding tert-OH is 1. The largest absolute Gasteiger partial charge is 0.449 e. The van der Waals surface area contributed by atoms with Gasteiger partial charge in [0.2, 0.25) is 0 Å². The third kappa shape index (κ3) is 2.62. The lowest BCUT2D eigenvalue weighted by Crippen LogP contribution is -2.62. The Kier molecular flexibility index (Phi) is 4.45. The first-order valence-electron chi connectivity index (χ1n) is 7.01. The molecule has 0 saturated carbocycles. The Morgan fingerprint density at radius 3 is 3.00 bits per heavy atom. The van der Waals surface area contributed by atoms with Gasteiger partial charge in [-0.3, -0.25) is 4.90 Å². The SMILES string of the molecule is CCCCOC(=O)N1[C@@H]2CC[C@H]1[C@@H]([C@H](C)O)NC2. The summed E-state index contributed by atoms with van der Waals surface area (Å²) in [5.74, 6) is 0. The molecule has 2 bridgehead atoms. The van der Waals surface area contributed by atoms with Crippen LogP contribution in [0.1, 0.15) is 39.5 Å². The maximum atomic E-state index is 12.1. The Balaban J connectivity index is 1.97. The van der Waals surface area contributed by atoms with E-state index >= 15 is 0 Å². The summed E-state index contributed by atoms with van der Waals surface area (Å²) >= 11 is 0. The van der Waals surface area contributed by atoms with Gasteiger partial charge < -0.3 is 15.2 Å². The molecule has 2 aliphatic heterocycles. The molecule has 2 N–H and O–H groups in total. The standard InChI is InChI=1S/C13H24N2O3/c1-3-4-7-18-13(17)15-10-5-6-11(15)12(9(2)16)14-8-10/h9-12,14,16H,3-8H2,1-2H3/t9-,10+,11-,12+/m0/s1. The van der Waals surface area contributed by atoms with Crippen molar-refractivity contribution in [1.29, 1.82) is 0 Å². The molecule has 104 valence electrons. The topological polar surface area (TPSA) is 61.8 Å². The summed E-state index contributed by atoms with van der Waals surface area (Å²) in [6.45, 7) is 5.11. The van der Waals surface area contributed by atoms with Gasteiger partial charge in [0.25, 0.3) is 0 Å². The van der Waals surface area contributed by atoms with Crippen LogP contribution in [0.2, 0.25) is 0 Å². The van der Waals surface area contributed by atoms with Crippen LogP contribution in [-0.2, 0) is 4.74 Å². The lowest BCUT2D eigenvalue weighted by atomic mass is 10.0. The van der Waals surface area contributed by atoms with Gasteiger partial charge >= 0.3 is 6.09 Å². The molecule has 4 atom stereocenters. The normalized spacial score (nSPS) is 32.4. The van der Waals surface area contributed by atoms with Gasteiger partial charge in [0.1, 0.15) is 0 Å². The monoisotopic (exact) mass is 256 g/mol. The highest BCUT2D eigenvalue weighted by Gasteiger charge is 2.46. The Hall–Kier alpha value is -0.810. The van der Waals surface area contributed by atoms with Crippen LogP contribution in [-0.4, -0.2) is 53.5 Å². The number of nitrogens with zero attached hydrogens (tertiary/aromatic N) is 1. The van der Waals surface area contributed by atoms with Gasteiger partial charge in [0.15, 0.2) is 0 Å². The van der Waals surface area contributed by atoms with E-state index in [-0.39, 0.29) is 24.2 Å². The highest BCUT2D eigenvalue weighted by atomic mass is 16.6. The van der Waals surface area contributed by atoms with Crippen molar-refractivity contribution < 1.29 is 14.6 Å². The summed E-state index contributed by atoms with van der Waals surface area (Å²) < 4.78 is 5.31. The van der Waals surface area contributed by atoms with Crippen molar-refractivity contribution in [2.24, 2.45) is 0 Å². The minimum atomic E-state index is -0.444. The molecule has 2 heterocycles. The molecule has 0 aromatic carbocycles. The smallest absolute Gasteiger partial charge is 0.410 e. The number of ether oxygens (including phenoxy) is 1. The van der Waals surface area contributed by atoms with Crippen LogP contribution >= 0.6 is 0 Å². The minimum absolute atomic E-state index is 0.0255. The highest BCUT2D eigenvalue weighted by molar-refractivity contribution is 5.69. The molecule has 1 amide bonds. The summed E-state index contributed by atoms with van der Waals surface area (Å²) in [6.07, 6.45) is 3.24. The van der Waals surface area contributed by atoms with E-state index in [1.165, 1.54) is 0 Å². The van der Waals surface area contributed by atoms with E-state index in [1.807, 2.05) is 4.90 Å². The first-order valence-corrected chi connectivity index (χ1v) is 7.01. The van der Waals surface area contributed by atoms with Crippen molar-refractivity contribution in [2.45, 2.75) is 63.8 Å². The van der Waals surface area contributed by atoms with Crippen LogP contribution in [0.4, 0.5) is 4.79 Å². The number of rotatable bonds is 4. The van der Waals surface area contributed by atoms with Crippen LogP contribution in [0.15, 0.2) is 0 Å². The van der Waals surface area contributed by atoms with Crippen molar-refractivity contribution in [1.82, 2.24) is 10.2 Å². The second kappa shape index (κ2) is 5.89. The zero-order chi connectivity index (χ0) is 13.1. The number of unbranched alkanes of at least 4 members (excludes halogenated alkanes) is 1. The van der Waals surface area contributed by atoms with Crippen LogP contribution in [0.3, 0.4) is 0 Å². The van der Waals surface area contributed by atoms with E-state index < -0.39 is 6.10 Å². The Morgan fingerprint density at radius 2 is 2.33 bits per heavy atom. The van der Waals surface area contributed by atoms with Crippen molar-refractivity contribution in [3.63, 3.8) is 0 Å². The van der Waals surface area contributed by atoms with E-state index in [9.17, 15) is 9.90 Å². The zero-order valence-corrected chi connectivity index (χ0v) is 11.3. The molecule has 0 spiro atoms. The van der Waals surface area contributed by atoms with Crippen LogP contribution in [0.5, 0.6) is 0 Å². The van der Waals surface area contributed by atoms with E-state index in [1.54, 1.807) is 6.92 Å². The van der Waals surface area contributed by atoms with Gasteiger partial charge in [0, 0.05) is 12.6 Å². The quantitative estimate of drug-likeness (QED) is 0.740. The second-order valence-electron chi connectivity index (χ2n) is 5.35. The molecular weight excluding hydrogens is 232 g/mol. The van der Waals surface area contributed by atoms with Crippen molar-refractivity contribution >= 4 is 6.09 Å². The average molecular weight is 256 g/mol. The number of fused-ring (bicyclic) bond motifs is 2. The fourth-order valence-corrected chi connectivity index (χ4v) is 3.03. The Morgan fingerprint density at radius 1 is 1.56 bits per heavy atom. The molecule has 2 saturated heterocycles. The third-order valence-electron chi connectivity index (χ3n) is 4.00. The predicted molar refractivity (Wildman–Crippen MR) is 68.4 cm³/mol. The van der Waals surface area contributed by atoms with Gasteiger partial charge in [0.05, 0.1) is 24.8 Å². The maximum Gasteiger partial charge on any atom is 0.410 e. The second-order valence-corrected chi connectivity index (χ2v) is 5.35. The van der Waals surface area contributed by atoms with E-state index in [2.05, 4.69) is 12.2 Å². The van der Waals surface area contributed by atoms with Crippen LogP contribution in [0, 0.1) is 0 Å². The maximum absolute atomic E-state index is 12.1. The van der Waals surface area contributed by atoms with E-state index in [0.29, 0.717) is 6.61 Å². The van der Waals surface area contributed by atoms with Gasteiger partial charge in [-0.2, -0.15) is 0 Å². The molecule has 0 radical (unpaired) electrons. The molecule has 0 unspecified atom stereocenters. The van der Waals surface area contributed by atoms with E-state index in [4.69, 9.17) is 4.74 Å². The third-order valence-corrected chi connectivity index (χ3v) is 4.00. The molecule has 18 heavy (non-hydrogen) atoms. The number of amides is 1. The summed E-state index contributed by atoms with van der Waals surface area (Å²) in [6, 6.07) is 0.291. The summed E-state index contributed by atoms with van der Waals surface area (Å²) in [5, 5.41) is 13.1. The first-order chi connectivity index (χ1) is 8.65. The van der Waals surface area contributed by atoms with E-state index in [0.717, 1.165) is 32.2 Å². The highest BCUT2D eigenvalue weighted by Crippen LogP contribution is 2.31. The number of piperazine rings is 1. The summed E-state index contributed by atoms with van der Waals surface area (Å²) in [4.78, 5) is 13.9. The molecule has 2 rings (SSSR count). The summed E-state index contributed by atoms with van der Waals surface area (Å²) in [7, 11) is 0. The fraction of sp³-hybridized carbons (Fsp3) is 0.923. The van der Waals surface area contributed by atoms with Crippen molar-refractivity contribution in [2.75, 3.05) is 13.2 Å². The van der Waals surface area contributed by atoms with Crippen LogP contribution < -0.4 is 5.32 Å². The Labute approximate surface area is 108 Å². The number of aliphatic hydroxyl groups is 1. The van der Waals surface area contributed by atoms with Gasteiger partial charge in [-0.15, -0.1) is 0 Å². The van der Waals surface area contributed by atoms with Gasteiger partial charge in [-0.25, -0.2) is 4.79 Å². The van der Waals surface area contributed by atoms with Crippen molar-refractivity contribution in [3.05, 3.63) is 0 Å². The average Bonchev–Trinajstić information content (AvgIpc) is 2.63. The number of nitrogens with one attached hydrogen (secondary N) is 1. The lowest BCUT2D eigenvalue weighted by Gasteiger charge is -2.41. The number of carbonyl (C=O) groups is 1. The Bertz CT molecular complexity index is 296. The minimum Gasteiger partial charge on any atom is -0.449 e. The first kappa shape index (κ1) is 13.6. The lowest BCUT2D eigenvalue weighted by molar-refractivity contribution is 0.0315. The fourth-order valence-electron chi connectivity index (χ4n) is 3.03. The molecule has 5 nitrogen and oxygen atoms in total. The van der Waals surface area contributed by atoms with Crippen LogP contribution in [0.25, 0.3) is 0 Å². The summed E-state index contributed by atoms with van der Waals surface area (Å²) in [5.41, 5.74) is 0. The van der Waals surface area contributed by atoms with Gasteiger partial charge in [-0.1, -0.05) is 13.3 Å². The number of hydrogen-bond donors (Lipinski definition) is 2. The molecular formula is C13H24N2O3. The molecule has 0 aliphatic carbocycles. The number of carbonyl (C=O) groups excluding carboxylic acids is 1.